The number of alkyl halides is 1. The first-order chi connectivity index (χ1) is 15.2. The van der Waals surface area contributed by atoms with Gasteiger partial charge in [-0.2, -0.15) is 0 Å². The van der Waals surface area contributed by atoms with E-state index >= 15 is 0 Å². The number of benzene rings is 2. The lowest BCUT2D eigenvalue weighted by atomic mass is 10.0. The molecule has 7 heteroatoms. The highest BCUT2D eigenvalue weighted by molar-refractivity contribution is 6.99. The molecule has 0 unspecified atom stereocenters. The number of halogens is 1. The Kier molecular flexibility index (Phi) is 8.03. The molecule has 0 bridgehead atoms. The highest BCUT2D eigenvalue weighted by atomic mass is 28.4. The Hall–Kier alpha value is -1.87. The summed E-state index contributed by atoms with van der Waals surface area (Å²) in [5.74, 6) is 0. The van der Waals surface area contributed by atoms with Crippen LogP contribution in [0.3, 0.4) is 0 Å². The molecule has 2 aromatic carbocycles. The number of aliphatic hydroxyl groups is 2. The molecule has 0 aromatic heterocycles. The second-order valence-electron chi connectivity index (χ2n) is 9.06. The smallest absolute Gasteiger partial charge is 0.261 e. The lowest BCUT2D eigenvalue weighted by Crippen LogP contribution is -2.68. The van der Waals surface area contributed by atoms with Crippen LogP contribution in [0.5, 0.6) is 0 Å². The summed E-state index contributed by atoms with van der Waals surface area (Å²) in [5, 5.41) is 22.2. The maximum Gasteiger partial charge on any atom is 0.261 e. The van der Waals surface area contributed by atoms with Gasteiger partial charge in [0.25, 0.3) is 8.32 Å². The second kappa shape index (κ2) is 10.4. The van der Waals surface area contributed by atoms with E-state index in [4.69, 9.17) is 13.9 Å². The van der Waals surface area contributed by atoms with E-state index in [1.807, 2.05) is 60.7 Å². The number of hydrogen-bond acceptors (Lipinski definition) is 5. The fraction of sp³-hybridized carbons (Fsp3) is 0.440. The zero-order valence-corrected chi connectivity index (χ0v) is 19.9. The Morgan fingerprint density at radius 2 is 1.53 bits per heavy atom. The van der Waals surface area contributed by atoms with Gasteiger partial charge in [0.05, 0.1) is 13.2 Å². The molecule has 3 rings (SSSR count). The molecule has 1 heterocycles. The van der Waals surface area contributed by atoms with Gasteiger partial charge in [-0.05, 0) is 15.4 Å². The van der Waals surface area contributed by atoms with Crippen molar-refractivity contribution in [3.05, 3.63) is 73.3 Å². The minimum absolute atomic E-state index is 0.0911. The average Bonchev–Trinajstić information content (AvgIpc) is 2.79. The molecule has 1 saturated heterocycles. The molecular weight excluding hydrogens is 427 g/mol. The van der Waals surface area contributed by atoms with E-state index in [9.17, 15) is 14.6 Å². The summed E-state index contributed by atoms with van der Waals surface area (Å²) < 4.78 is 32.8. The van der Waals surface area contributed by atoms with Crippen LogP contribution < -0.4 is 10.4 Å². The van der Waals surface area contributed by atoms with E-state index < -0.39 is 39.1 Å². The molecule has 1 fully saturated rings. The van der Waals surface area contributed by atoms with Crippen molar-refractivity contribution in [2.24, 2.45) is 0 Å². The molecule has 2 aromatic rings. The van der Waals surface area contributed by atoms with Crippen LogP contribution in [0.2, 0.25) is 5.04 Å². The van der Waals surface area contributed by atoms with Gasteiger partial charge in [0.2, 0.25) is 0 Å². The van der Waals surface area contributed by atoms with Gasteiger partial charge >= 0.3 is 0 Å². The van der Waals surface area contributed by atoms with Crippen LogP contribution in [0.4, 0.5) is 4.39 Å². The Morgan fingerprint density at radius 3 is 2.00 bits per heavy atom. The van der Waals surface area contributed by atoms with Crippen molar-refractivity contribution >= 4 is 18.7 Å². The molecule has 5 nitrogen and oxygen atoms in total. The van der Waals surface area contributed by atoms with Gasteiger partial charge < -0.3 is 24.1 Å². The highest BCUT2D eigenvalue weighted by Gasteiger charge is 2.52. The third-order valence-corrected chi connectivity index (χ3v) is 10.9. The van der Waals surface area contributed by atoms with Gasteiger partial charge in [0, 0.05) is 0 Å². The summed E-state index contributed by atoms with van der Waals surface area (Å²) in [6.07, 6.45) is -5.70. The molecule has 1 aliphatic heterocycles. The Morgan fingerprint density at radius 1 is 1.00 bits per heavy atom. The van der Waals surface area contributed by atoms with Crippen LogP contribution in [-0.2, 0) is 13.9 Å². The monoisotopic (exact) mass is 460 g/mol. The van der Waals surface area contributed by atoms with Gasteiger partial charge in [0.1, 0.15) is 18.3 Å². The summed E-state index contributed by atoms with van der Waals surface area (Å²) in [6, 6.07) is 20.0. The fourth-order valence-corrected chi connectivity index (χ4v) is 8.87. The SMILES string of the molecule is C=CCO[C@H]1O[C@H](CO[Si](c2ccccc2)(c2ccccc2)C(C)(C)C)[C@@H](F)[C@H](O)[C@H]1O. The van der Waals surface area contributed by atoms with Crippen LogP contribution in [0, 0.1) is 0 Å². The Bertz CT molecular complexity index is 818. The topological polar surface area (TPSA) is 68.2 Å². The van der Waals surface area contributed by atoms with Gasteiger partial charge in [-0.1, -0.05) is 87.5 Å². The molecule has 2 N–H and O–H groups in total. The fourth-order valence-electron chi connectivity index (χ4n) is 4.30. The lowest BCUT2D eigenvalue weighted by Gasteiger charge is -2.45. The zero-order valence-electron chi connectivity index (χ0n) is 18.9. The molecule has 0 amide bonds. The third-order valence-electron chi connectivity index (χ3n) is 5.88. The molecule has 174 valence electrons. The van der Waals surface area contributed by atoms with E-state index in [1.165, 1.54) is 6.08 Å². The standard InChI is InChI=1S/C25H33FO5Si/c1-5-16-29-24-23(28)22(27)21(26)20(31-24)17-30-32(25(2,3)4,18-12-8-6-9-13-18)19-14-10-7-11-15-19/h5-15,20-24,27-28H,1,16-17H2,2-4H3/t20-,21-,22+,23-,24+/m1/s1. The molecule has 5 atom stereocenters. The van der Waals surface area contributed by atoms with Crippen LogP contribution in [0.15, 0.2) is 73.3 Å². The van der Waals surface area contributed by atoms with Crippen molar-refractivity contribution in [1.82, 2.24) is 0 Å². The van der Waals surface area contributed by atoms with Crippen molar-refractivity contribution in [3.63, 3.8) is 0 Å². The summed E-state index contributed by atoms with van der Waals surface area (Å²) in [6.45, 7) is 9.96. The lowest BCUT2D eigenvalue weighted by molar-refractivity contribution is -0.287. The number of ether oxygens (including phenoxy) is 2. The first kappa shape index (κ1) is 24.8. The molecule has 32 heavy (non-hydrogen) atoms. The highest BCUT2D eigenvalue weighted by Crippen LogP contribution is 2.37. The zero-order chi connectivity index (χ0) is 23.4. The normalized spacial score (nSPS) is 26.6. The van der Waals surface area contributed by atoms with E-state index in [0.29, 0.717) is 0 Å². The van der Waals surface area contributed by atoms with E-state index in [0.717, 1.165) is 10.4 Å². The van der Waals surface area contributed by atoms with E-state index in [-0.39, 0.29) is 18.3 Å². The first-order valence-electron chi connectivity index (χ1n) is 10.9. The van der Waals surface area contributed by atoms with Crippen LogP contribution >= 0.6 is 0 Å². The predicted molar refractivity (Wildman–Crippen MR) is 125 cm³/mol. The largest absolute Gasteiger partial charge is 0.405 e. The summed E-state index contributed by atoms with van der Waals surface area (Å²) >= 11 is 0. The predicted octanol–water partition coefficient (Wildman–Crippen LogP) is 2.55. The molecule has 0 aliphatic carbocycles. The summed E-state index contributed by atoms with van der Waals surface area (Å²) in [5.41, 5.74) is 0. The van der Waals surface area contributed by atoms with Gasteiger partial charge in [0.15, 0.2) is 12.5 Å². The maximum absolute atomic E-state index is 15.0. The second-order valence-corrected chi connectivity index (χ2v) is 13.4. The quantitative estimate of drug-likeness (QED) is 0.468. The Labute approximate surface area is 190 Å². The van der Waals surface area contributed by atoms with Crippen LogP contribution in [0.25, 0.3) is 0 Å². The van der Waals surface area contributed by atoms with Crippen LogP contribution in [-0.4, -0.2) is 62.5 Å². The molecular formula is C25H33FO5Si. The van der Waals surface area contributed by atoms with Crippen molar-refractivity contribution in [2.75, 3.05) is 13.2 Å². The van der Waals surface area contributed by atoms with Crippen molar-refractivity contribution in [2.45, 2.75) is 56.6 Å². The molecule has 0 radical (unpaired) electrons. The van der Waals surface area contributed by atoms with Gasteiger partial charge in [-0.25, -0.2) is 4.39 Å². The third kappa shape index (κ3) is 4.88. The van der Waals surface area contributed by atoms with Crippen molar-refractivity contribution < 1.29 is 28.5 Å². The number of rotatable bonds is 8. The van der Waals surface area contributed by atoms with E-state index in [1.54, 1.807) is 0 Å². The van der Waals surface area contributed by atoms with Gasteiger partial charge in [-0.15, -0.1) is 6.58 Å². The minimum atomic E-state index is -2.90. The van der Waals surface area contributed by atoms with Crippen molar-refractivity contribution in [3.8, 4) is 0 Å². The maximum atomic E-state index is 15.0. The first-order valence-corrected chi connectivity index (χ1v) is 12.8. The number of aliphatic hydroxyl groups excluding tert-OH is 2. The summed E-state index contributed by atoms with van der Waals surface area (Å²) in [7, 11) is -2.90. The molecule has 0 spiro atoms. The molecule has 1 aliphatic rings. The molecule has 0 saturated carbocycles. The minimum Gasteiger partial charge on any atom is -0.405 e. The number of hydrogen-bond donors (Lipinski definition) is 2. The average molecular weight is 461 g/mol. The van der Waals surface area contributed by atoms with E-state index in [2.05, 4.69) is 27.4 Å². The summed E-state index contributed by atoms with van der Waals surface area (Å²) in [4.78, 5) is 0. The van der Waals surface area contributed by atoms with Crippen LogP contribution in [0.1, 0.15) is 20.8 Å². The Balaban J connectivity index is 1.96. The van der Waals surface area contributed by atoms with Crippen molar-refractivity contribution in [1.29, 1.82) is 0 Å². The van der Waals surface area contributed by atoms with Gasteiger partial charge in [-0.3, -0.25) is 0 Å².